The van der Waals surface area contributed by atoms with Crippen molar-refractivity contribution in [1.29, 1.82) is 5.26 Å². The summed E-state index contributed by atoms with van der Waals surface area (Å²) in [5.41, 5.74) is 11.0. The summed E-state index contributed by atoms with van der Waals surface area (Å²) in [7, 11) is -3.25. The van der Waals surface area contributed by atoms with Crippen molar-refractivity contribution in [1.82, 2.24) is 19.9 Å². The van der Waals surface area contributed by atoms with E-state index < -0.39 is 76.0 Å². The summed E-state index contributed by atoms with van der Waals surface area (Å²) in [5, 5.41) is 55.5. The first kappa shape index (κ1) is 73.4. The third-order valence-electron chi connectivity index (χ3n) is 12.7. The number of carbonyl (C=O) groups is 6. The second-order valence-corrected chi connectivity index (χ2v) is 30.8. The summed E-state index contributed by atoms with van der Waals surface area (Å²) >= 11 is 17.0. The molecule has 0 fully saturated rings. The van der Waals surface area contributed by atoms with Crippen LogP contribution in [0, 0.1) is 17.1 Å². The molecule has 0 aliphatic carbocycles. The number of benzene rings is 4. The third kappa shape index (κ3) is 20.1. The van der Waals surface area contributed by atoms with Gasteiger partial charge in [0.1, 0.15) is 30.9 Å². The smallest absolute Gasteiger partial charge is 0.338 e. The van der Waals surface area contributed by atoms with E-state index in [2.05, 4.69) is 19.9 Å². The lowest BCUT2D eigenvalue weighted by atomic mass is 10.1. The molecular weight excluding hydrogens is 1310 g/mol. The molecule has 27 heteroatoms. The van der Waals surface area contributed by atoms with Crippen molar-refractivity contribution in [3.05, 3.63) is 185 Å². The van der Waals surface area contributed by atoms with Crippen LogP contribution in [0.1, 0.15) is 81.7 Å². The number of rotatable bonds is 19. The van der Waals surface area contributed by atoms with E-state index in [9.17, 15) is 62.0 Å². The number of aromatic carboxylic acids is 1. The van der Waals surface area contributed by atoms with Gasteiger partial charge in [0.15, 0.2) is 9.84 Å². The first-order chi connectivity index (χ1) is 42.4. The van der Waals surface area contributed by atoms with Gasteiger partial charge in [-0.25, -0.2) is 17.6 Å². The van der Waals surface area contributed by atoms with Gasteiger partial charge < -0.3 is 31.3 Å². The van der Waals surface area contributed by atoms with Gasteiger partial charge >= 0.3 is 29.8 Å². The molecule has 0 saturated carbocycles. The van der Waals surface area contributed by atoms with Gasteiger partial charge in [-0.2, -0.15) is 5.26 Å². The molecule has 19 nitrogen and oxygen atoms in total. The molecule has 0 aliphatic rings. The molecule has 7 N–H and O–H groups in total. The number of aromatic nitrogens is 4. The molecule has 0 spiro atoms. The van der Waals surface area contributed by atoms with E-state index in [0.29, 0.717) is 26.6 Å². The molecule has 0 bridgehead atoms. The standard InChI is InChI=1S/C16H15ClN2O3S.C16H13ClN2O2S.C16H14FNO4S.C16H17NO4S2/c1-16(2,15(21)22)23-13-5-6-19-8-11(13)9-3-4-10(14(18)20)12(17)7-9;1-16(2,15(20)21)22-14-5-6-19-9-12(14)10-3-4-11(8-18)13(17)7-10;1-16(2,15(21)22)23-13-5-6-18-8-11(13)9-3-4-10(14(19)20)12(17)7-9;1-16(2,15(18)19)22-14-8-9-17-10-13(14)11-4-6-12(7-5-11)23(3,20)21/h3-8H,1-2H3,(H2,18,20)(H,21,22);3-7,9H,1-2H3,(H,20,21);3-8H,1-2H3,(H,19,20)(H,21,22);4-10H,1-3H3,(H,18,19). The molecule has 8 rings (SSSR count). The molecule has 0 saturated heterocycles. The second-order valence-electron chi connectivity index (χ2n) is 21.3. The number of hydrogen-bond acceptors (Lipinski definition) is 17. The molecular formula is C64H59Cl2FN6O13S5. The SMILES string of the molecule is CC(C)(Sc1ccncc1-c1ccc(C#N)c(Cl)c1)C(=O)O.CC(C)(Sc1ccncc1-c1ccc(C(=O)O)c(F)c1)C(=O)O.CC(C)(Sc1ccncc1-c1ccc(C(N)=O)c(Cl)c1)C(=O)O.CC(C)(Sc1ccncc1-c1ccc(S(C)(=O)=O)cc1)C(=O)O. The van der Waals surface area contributed by atoms with Crippen LogP contribution in [0.15, 0.2) is 177 Å². The molecule has 91 heavy (non-hydrogen) atoms. The third-order valence-corrected chi connectivity index (χ3v) is 19.5. The Kier molecular flexibility index (Phi) is 25.1. The normalized spacial score (nSPS) is 11.4. The Bertz CT molecular complexity index is 4100. The van der Waals surface area contributed by atoms with E-state index in [1.54, 1.807) is 165 Å². The first-order valence-corrected chi connectivity index (χ1v) is 32.4. The van der Waals surface area contributed by atoms with Gasteiger partial charge in [-0.15, -0.1) is 47.0 Å². The Morgan fingerprint density at radius 3 is 1.08 bits per heavy atom. The monoisotopic (exact) mass is 1370 g/mol. The lowest BCUT2D eigenvalue weighted by Gasteiger charge is -2.20. The zero-order valence-electron chi connectivity index (χ0n) is 49.9. The minimum atomic E-state index is -3.25. The van der Waals surface area contributed by atoms with Crippen molar-refractivity contribution in [2.24, 2.45) is 5.73 Å². The van der Waals surface area contributed by atoms with Gasteiger partial charge in [0, 0.05) is 97.7 Å². The Balaban J connectivity index is 0.000000220. The molecule has 8 aromatic rings. The highest BCUT2D eigenvalue weighted by atomic mass is 35.5. The number of carboxylic acid groups (broad SMARTS) is 5. The zero-order valence-corrected chi connectivity index (χ0v) is 55.5. The molecule has 0 aliphatic heterocycles. The fourth-order valence-corrected chi connectivity index (χ4v) is 12.7. The summed E-state index contributed by atoms with van der Waals surface area (Å²) < 4.78 is 32.9. The van der Waals surface area contributed by atoms with Gasteiger partial charge in [0.25, 0.3) is 0 Å². The van der Waals surface area contributed by atoms with Crippen LogP contribution in [0.25, 0.3) is 44.5 Å². The van der Waals surface area contributed by atoms with E-state index in [0.717, 1.165) is 72.2 Å². The molecule has 4 aromatic carbocycles. The van der Waals surface area contributed by atoms with Crippen LogP contribution in [0.3, 0.4) is 0 Å². The van der Waals surface area contributed by atoms with Crippen molar-refractivity contribution in [3.8, 4) is 50.6 Å². The average molecular weight is 1370 g/mol. The number of sulfone groups is 1. The van der Waals surface area contributed by atoms with Crippen LogP contribution in [0.2, 0.25) is 10.0 Å². The van der Waals surface area contributed by atoms with E-state index in [1.807, 2.05) is 6.07 Å². The van der Waals surface area contributed by atoms with Crippen LogP contribution in [-0.2, 0) is 29.0 Å². The van der Waals surface area contributed by atoms with Crippen LogP contribution in [0.5, 0.6) is 0 Å². The number of nitriles is 1. The van der Waals surface area contributed by atoms with Crippen LogP contribution in [0.4, 0.5) is 4.39 Å². The van der Waals surface area contributed by atoms with E-state index in [-0.39, 0.29) is 15.5 Å². The molecule has 474 valence electrons. The van der Waals surface area contributed by atoms with Crippen LogP contribution in [-0.4, -0.2) is 115 Å². The molecule has 0 radical (unpaired) electrons. The number of halogens is 3. The van der Waals surface area contributed by atoms with Crippen LogP contribution >= 0.6 is 70.2 Å². The Morgan fingerprint density at radius 1 is 0.484 bits per heavy atom. The van der Waals surface area contributed by atoms with Crippen molar-refractivity contribution in [2.45, 2.75) is 98.9 Å². The lowest BCUT2D eigenvalue weighted by Crippen LogP contribution is -2.27. The number of nitrogens with zero attached hydrogens (tertiary/aromatic N) is 5. The van der Waals surface area contributed by atoms with Crippen LogP contribution < -0.4 is 5.73 Å². The van der Waals surface area contributed by atoms with Crippen molar-refractivity contribution in [2.75, 3.05) is 6.26 Å². The van der Waals surface area contributed by atoms with Gasteiger partial charge in [0.2, 0.25) is 5.91 Å². The van der Waals surface area contributed by atoms with E-state index >= 15 is 0 Å². The molecule has 4 heterocycles. The molecule has 0 atom stereocenters. The minimum absolute atomic E-state index is 0.236. The Labute approximate surface area is 551 Å². The molecule has 4 aromatic heterocycles. The quantitative estimate of drug-likeness (QED) is 0.0410. The van der Waals surface area contributed by atoms with E-state index in [4.69, 9.17) is 39.3 Å². The maximum Gasteiger partial charge on any atom is 0.338 e. The topological polar surface area (TPSA) is 339 Å². The summed E-state index contributed by atoms with van der Waals surface area (Å²) in [6.07, 6.45) is 13.9. The van der Waals surface area contributed by atoms with Gasteiger partial charge in [-0.1, -0.05) is 53.5 Å². The van der Waals surface area contributed by atoms with E-state index in [1.165, 1.54) is 71.9 Å². The fourth-order valence-electron chi connectivity index (χ4n) is 7.42. The number of amides is 1. The summed E-state index contributed by atoms with van der Waals surface area (Å²) in [4.78, 5) is 86.9. The number of nitrogens with two attached hydrogens (primary N) is 1. The van der Waals surface area contributed by atoms with Crippen molar-refractivity contribution < 1.29 is 67.1 Å². The highest BCUT2D eigenvalue weighted by Crippen LogP contribution is 2.43. The highest BCUT2D eigenvalue weighted by Gasteiger charge is 2.33. The Hall–Kier alpha value is -8.35. The minimum Gasteiger partial charge on any atom is -0.480 e. The summed E-state index contributed by atoms with van der Waals surface area (Å²) in [5.74, 6) is -6.48. The number of carboxylic acids is 5. The van der Waals surface area contributed by atoms with Gasteiger partial charge in [-0.3, -0.25) is 43.9 Å². The van der Waals surface area contributed by atoms with Gasteiger partial charge in [0.05, 0.1) is 31.6 Å². The number of hydrogen-bond donors (Lipinski definition) is 6. The predicted octanol–water partition coefficient (Wildman–Crippen LogP) is 14.3. The number of carbonyl (C=O) groups excluding carboxylic acids is 1. The lowest BCUT2D eigenvalue weighted by molar-refractivity contribution is -0.139. The van der Waals surface area contributed by atoms with Crippen molar-refractivity contribution >= 4 is 116 Å². The maximum absolute atomic E-state index is 13.9. The number of aliphatic carboxylic acids is 4. The summed E-state index contributed by atoms with van der Waals surface area (Å²) in [6, 6.07) is 29.2. The largest absolute Gasteiger partial charge is 0.480 e. The summed E-state index contributed by atoms with van der Waals surface area (Å²) in [6.45, 7) is 13.0. The predicted molar refractivity (Wildman–Crippen MR) is 352 cm³/mol. The fraction of sp³-hybridized carbons (Fsp3) is 0.203. The average Bonchev–Trinajstić information content (AvgIpc) is 0.903. The number of thioether (sulfide) groups is 4. The zero-order chi connectivity index (χ0) is 68.0. The molecule has 1 amide bonds. The highest BCUT2D eigenvalue weighted by molar-refractivity contribution is 8.02. The first-order valence-electron chi connectivity index (χ1n) is 26.5. The number of pyridine rings is 4. The van der Waals surface area contributed by atoms with Crippen molar-refractivity contribution in [3.63, 3.8) is 0 Å². The van der Waals surface area contributed by atoms with Gasteiger partial charge in [-0.05, 0) is 150 Å². The maximum atomic E-state index is 13.9. The second kappa shape index (κ2) is 31.1. The Morgan fingerprint density at radius 2 is 0.791 bits per heavy atom. The molecule has 0 unspecified atom stereocenters. The number of primary amides is 1.